The molecule has 0 aromatic heterocycles. The predicted molar refractivity (Wildman–Crippen MR) is 136 cm³/mol. The molecular weight excluding hydrogens is 453 g/mol. The summed E-state index contributed by atoms with van der Waals surface area (Å²) in [5.41, 5.74) is 4.58. The molecule has 1 aliphatic rings. The van der Waals surface area contributed by atoms with Gasteiger partial charge in [-0.2, -0.15) is 0 Å². The van der Waals surface area contributed by atoms with E-state index in [0.717, 1.165) is 30.6 Å². The first-order valence-corrected chi connectivity index (χ1v) is 12.1. The number of ketones is 1. The number of methoxy groups -OCH3 is 1. The normalized spacial score (nSPS) is 18.1. The molecule has 1 unspecified atom stereocenters. The first kappa shape index (κ1) is 26.0. The minimum Gasteiger partial charge on any atom is -0.493 e. The summed E-state index contributed by atoms with van der Waals surface area (Å²) in [7, 11) is 1.65. The molecule has 0 radical (unpaired) electrons. The Labute approximate surface area is 206 Å². The zero-order valence-corrected chi connectivity index (χ0v) is 21.6. The molecular formula is C28H33ClFNO3. The molecule has 6 heteroatoms. The van der Waals surface area contributed by atoms with Gasteiger partial charge in [0.2, 0.25) is 0 Å². The van der Waals surface area contributed by atoms with Crippen molar-refractivity contribution in [1.29, 1.82) is 0 Å². The van der Waals surface area contributed by atoms with Crippen molar-refractivity contribution in [3.63, 3.8) is 0 Å². The fraction of sp³-hybridized carbons (Fsp3) is 0.429. The van der Waals surface area contributed by atoms with Gasteiger partial charge >= 0.3 is 0 Å². The smallest absolute Gasteiger partial charge is 0.178 e. The molecule has 0 spiro atoms. The minimum atomic E-state index is -0.523. The van der Waals surface area contributed by atoms with Crippen LogP contribution in [0.15, 0.2) is 46.6 Å². The Bertz CT molecular complexity index is 1140. The van der Waals surface area contributed by atoms with Gasteiger partial charge in [0.05, 0.1) is 18.2 Å². The second-order valence-electron chi connectivity index (χ2n) is 9.12. The molecule has 1 atom stereocenters. The molecule has 0 saturated heterocycles. The molecule has 0 fully saturated rings. The van der Waals surface area contributed by atoms with Crippen LogP contribution in [0.5, 0.6) is 11.5 Å². The summed E-state index contributed by atoms with van der Waals surface area (Å²) in [6.45, 7) is 9.41. The number of Topliss-reactive ketones (excluding diaryl/α,β-unsaturated/α-hetero) is 1. The second kappa shape index (κ2) is 11.2. The van der Waals surface area contributed by atoms with Crippen LogP contribution in [0, 0.1) is 5.82 Å². The van der Waals surface area contributed by atoms with Crippen molar-refractivity contribution in [2.75, 3.05) is 7.11 Å². The van der Waals surface area contributed by atoms with Crippen LogP contribution >= 0.6 is 11.6 Å². The Morgan fingerprint density at radius 3 is 2.53 bits per heavy atom. The third kappa shape index (κ3) is 5.87. The Kier molecular flexibility index (Phi) is 8.53. The molecule has 0 aliphatic heterocycles. The van der Waals surface area contributed by atoms with Crippen LogP contribution in [0.3, 0.4) is 0 Å². The maximum absolute atomic E-state index is 14.5. The monoisotopic (exact) mass is 485 g/mol. The highest BCUT2D eigenvalue weighted by atomic mass is 35.5. The lowest BCUT2D eigenvalue weighted by Gasteiger charge is -2.25. The molecule has 4 nitrogen and oxygen atoms in total. The van der Waals surface area contributed by atoms with Crippen molar-refractivity contribution in [3.8, 4) is 11.5 Å². The fourth-order valence-corrected chi connectivity index (χ4v) is 4.58. The molecule has 0 amide bonds. The standard InChI is InChI=1S/C28H33ClFNO3/c1-16(2)34-26-15-23-17(3)10-11-20(12-13-21(23)14-25(26)33-6)28(19(5)32)31-18(4)22-8-7-9-24(29)27(22)30/h7-9,14-17H,10-13H2,1-6H3/b28-20+,31-18?. The fourth-order valence-electron chi connectivity index (χ4n) is 4.41. The number of nitrogens with zero attached hydrogens (tertiary/aromatic N) is 1. The summed E-state index contributed by atoms with van der Waals surface area (Å²) in [5.74, 6) is 1.10. The van der Waals surface area contributed by atoms with Gasteiger partial charge in [-0.05, 0) is 87.3 Å². The van der Waals surface area contributed by atoms with E-state index in [0.29, 0.717) is 29.1 Å². The first-order chi connectivity index (χ1) is 16.1. The maximum Gasteiger partial charge on any atom is 0.178 e. The predicted octanol–water partition coefficient (Wildman–Crippen LogP) is 7.46. The third-order valence-electron chi connectivity index (χ3n) is 6.18. The second-order valence-corrected chi connectivity index (χ2v) is 9.52. The van der Waals surface area contributed by atoms with Gasteiger partial charge in [-0.15, -0.1) is 0 Å². The molecule has 2 aromatic rings. The van der Waals surface area contributed by atoms with Crippen molar-refractivity contribution in [3.05, 3.63) is 69.1 Å². The van der Waals surface area contributed by atoms with Crippen LogP contribution in [-0.2, 0) is 11.2 Å². The van der Waals surface area contributed by atoms with Gasteiger partial charge in [0.25, 0.3) is 0 Å². The number of allylic oxidation sites excluding steroid dienone is 2. The van der Waals surface area contributed by atoms with Gasteiger partial charge in [-0.25, -0.2) is 9.38 Å². The Morgan fingerprint density at radius 2 is 1.88 bits per heavy atom. The zero-order valence-electron chi connectivity index (χ0n) is 20.8. The highest BCUT2D eigenvalue weighted by Gasteiger charge is 2.22. The van der Waals surface area contributed by atoms with Gasteiger partial charge < -0.3 is 9.47 Å². The molecule has 3 rings (SSSR count). The molecule has 34 heavy (non-hydrogen) atoms. The largest absolute Gasteiger partial charge is 0.493 e. The SMILES string of the molecule is COc1cc2c(cc1OC(C)C)C(C)CC/C(=C(\N=C(C)c1cccc(Cl)c1F)C(C)=O)CC2. The zero-order chi connectivity index (χ0) is 25.0. The molecule has 1 aliphatic carbocycles. The van der Waals surface area contributed by atoms with Crippen LogP contribution < -0.4 is 9.47 Å². The van der Waals surface area contributed by atoms with E-state index in [4.69, 9.17) is 21.1 Å². The van der Waals surface area contributed by atoms with E-state index in [1.54, 1.807) is 26.2 Å². The number of fused-ring (bicyclic) bond motifs is 1. The van der Waals surface area contributed by atoms with Gasteiger partial charge in [-0.3, -0.25) is 4.79 Å². The molecule has 0 N–H and O–H groups in total. The number of benzene rings is 2. The number of carbonyl (C=O) groups excluding carboxylic acids is 1. The number of hydrogen-bond acceptors (Lipinski definition) is 4. The molecule has 2 aromatic carbocycles. The van der Waals surface area contributed by atoms with Crippen LogP contribution in [0.1, 0.15) is 76.5 Å². The Hall–Kier alpha value is -2.66. The van der Waals surface area contributed by atoms with E-state index in [1.807, 2.05) is 13.8 Å². The van der Waals surface area contributed by atoms with Crippen molar-refractivity contribution in [2.24, 2.45) is 4.99 Å². The van der Waals surface area contributed by atoms with Crippen molar-refractivity contribution in [1.82, 2.24) is 0 Å². The Balaban J connectivity index is 2.01. The topological polar surface area (TPSA) is 47.9 Å². The van der Waals surface area contributed by atoms with Crippen molar-refractivity contribution < 1.29 is 18.7 Å². The van der Waals surface area contributed by atoms with Crippen LogP contribution in [-0.4, -0.2) is 24.7 Å². The number of ether oxygens (including phenoxy) is 2. The summed E-state index contributed by atoms with van der Waals surface area (Å²) in [6, 6.07) is 8.96. The summed E-state index contributed by atoms with van der Waals surface area (Å²) in [6.07, 6.45) is 3.11. The number of carbonyl (C=O) groups is 1. The van der Waals surface area contributed by atoms with Crippen LogP contribution in [0.4, 0.5) is 4.39 Å². The maximum atomic E-state index is 14.5. The average Bonchev–Trinajstić information content (AvgIpc) is 2.78. The number of aryl methyl sites for hydroxylation is 1. The highest BCUT2D eigenvalue weighted by Crippen LogP contribution is 2.39. The van der Waals surface area contributed by atoms with Crippen LogP contribution in [0.2, 0.25) is 5.02 Å². The molecule has 182 valence electrons. The minimum absolute atomic E-state index is 0.0372. The van der Waals surface area contributed by atoms with E-state index in [-0.39, 0.29) is 22.8 Å². The van der Waals surface area contributed by atoms with E-state index < -0.39 is 5.82 Å². The van der Waals surface area contributed by atoms with Gasteiger partial charge in [0.15, 0.2) is 23.1 Å². The third-order valence-corrected chi connectivity index (χ3v) is 6.48. The van der Waals surface area contributed by atoms with Gasteiger partial charge in [0.1, 0.15) is 5.70 Å². The summed E-state index contributed by atoms with van der Waals surface area (Å²) >= 11 is 5.94. The number of halogens is 2. The van der Waals surface area contributed by atoms with Gasteiger partial charge in [0, 0.05) is 18.2 Å². The van der Waals surface area contributed by atoms with Crippen molar-refractivity contribution in [2.45, 2.75) is 72.3 Å². The quantitative estimate of drug-likeness (QED) is 0.315. The van der Waals surface area contributed by atoms with E-state index in [2.05, 4.69) is 24.0 Å². The van der Waals surface area contributed by atoms with E-state index in [9.17, 15) is 9.18 Å². The number of hydrogen-bond donors (Lipinski definition) is 0. The summed E-state index contributed by atoms with van der Waals surface area (Å²) < 4.78 is 26.1. The molecule has 0 heterocycles. The van der Waals surface area contributed by atoms with Crippen molar-refractivity contribution >= 4 is 23.1 Å². The lowest BCUT2D eigenvalue weighted by Crippen LogP contribution is -2.12. The number of rotatable bonds is 6. The lowest BCUT2D eigenvalue weighted by atomic mass is 9.83. The summed E-state index contributed by atoms with van der Waals surface area (Å²) in [4.78, 5) is 17.2. The summed E-state index contributed by atoms with van der Waals surface area (Å²) in [5, 5.41) is 0.0372. The van der Waals surface area contributed by atoms with E-state index in [1.165, 1.54) is 24.1 Å². The lowest BCUT2D eigenvalue weighted by molar-refractivity contribution is -0.113. The molecule has 0 bridgehead atoms. The highest BCUT2D eigenvalue weighted by molar-refractivity contribution is 6.31. The molecule has 0 saturated carbocycles. The Morgan fingerprint density at radius 1 is 1.15 bits per heavy atom. The first-order valence-electron chi connectivity index (χ1n) is 11.7. The van der Waals surface area contributed by atoms with Crippen LogP contribution in [0.25, 0.3) is 0 Å². The number of aliphatic imine (C=N–C) groups is 1. The van der Waals surface area contributed by atoms with Gasteiger partial charge in [-0.1, -0.05) is 30.7 Å². The van der Waals surface area contributed by atoms with E-state index >= 15 is 0 Å². The average molecular weight is 486 g/mol.